The van der Waals surface area contributed by atoms with Gasteiger partial charge < -0.3 is 30.3 Å². The van der Waals surface area contributed by atoms with Crippen LogP contribution in [0, 0.1) is 13.8 Å². The van der Waals surface area contributed by atoms with E-state index in [2.05, 4.69) is 61.2 Å². The maximum atomic E-state index is 5.34. The first kappa shape index (κ1) is 36.7. The molecule has 0 bridgehead atoms. The normalized spacial score (nSPS) is 11.1. The summed E-state index contributed by atoms with van der Waals surface area (Å²) in [7, 11) is 7.32. The molecule has 0 radical (unpaired) electrons. The van der Waals surface area contributed by atoms with Gasteiger partial charge in [0, 0.05) is 54.9 Å². The lowest BCUT2D eigenvalue weighted by molar-refractivity contribution is 0.394. The highest BCUT2D eigenvalue weighted by molar-refractivity contribution is 5.70. The number of likely N-dealkylation sites (N-methyl/N-ethyl adjacent to an activating group) is 1. The Morgan fingerprint density at radius 3 is 1.85 bits per heavy atom. The van der Waals surface area contributed by atoms with E-state index in [0.717, 1.165) is 58.7 Å². The molecule has 14 nitrogen and oxygen atoms in total. The minimum absolute atomic E-state index is 0.561. The summed E-state index contributed by atoms with van der Waals surface area (Å²) in [6, 6.07) is 23.2. The molecule has 0 atom stereocenters. The highest BCUT2D eigenvalue weighted by Crippen LogP contribution is 2.24. The lowest BCUT2D eigenvalue weighted by Gasteiger charge is -2.12. The van der Waals surface area contributed by atoms with Crippen LogP contribution in [0.5, 0.6) is 11.5 Å². The van der Waals surface area contributed by atoms with Crippen molar-refractivity contribution >= 4 is 53.4 Å². The molecule has 0 fully saturated rings. The first-order chi connectivity index (χ1) is 25.2. The van der Waals surface area contributed by atoms with Gasteiger partial charge in [-0.1, -0.05) is 42.5 Å². The molecule has 52 heavy (non-hydrogen) atoms. The lowest BCUT2D eigenvalue weighted by Crippen LogP contribution is -2.21. The van der Waals surface area contributed by atoms with Gasteiger partial charge in [-0.25, -0.2) is 19.9 Å². The number of rotatable bonds is 14. The summed E-state index contributed by atoms with van der Waals surface area (Å²) in [5.74, 6) is 6.18. The fourth-order valence-electron chi connectivity index (χ4n) is 4.68. The van der Waals surface area contributed by atoms with E-state index in [0.29, 0.717) is 29.1 Å². The number of aromatic amines is 2. The molecule has 0 saturated carbocycles. The standard InChI is InChI=1S/C22H29N7O2.C16H15N5/c1-15-10-22(28-27-15)26-21-14-20(23-8-9-29(2)3)24-19(25-21)7-6-16-11-17(30-4)13-18(12-16)31-5;1-12-11-16(21-20-12)19-15-9-10-17-14(18-15)8-7-13-5-3-2-4-6-13/h6-7,10-14H,8-9H2,1-5H3,(H3,23,24,25,26,27,28);2-11H,1H3,(H2,17,18,19,20,21)/b7-6+;8-7+. The second kappa shape index (κ2) is 18.5. The molecule has 6 aromatic rings. The number of hydrogen-bond donors (Lipinski definition) is 5. The van der Waals surface area contributed by atoms with Crippen molar-refractivity contribution < 1.29 is 9.47 Å². The number of hydrogen-bond acceptors (Lipinski definition) is 12. The molecule has 4 aromatic heterocycles. The predicted molar refractivity (Wildman–Crippen MR) is 208 cm³/mol. The number of methoxy groups -OCH3 is 2. The molecule has 0 saturated heterocycles. The van der Waals surface area contributed by atoms with Gasteiger partial charge in [-0.15, -0.1) is 0 Å². The van der Waals surface area contributed by atoms with E-state index in [9.17, 15) is 0 Å². The number of nitrogens with one attached hydrogen (secondary N) is 5. The van der Waals surface area contributed by atoms with Crippen LogP contribution in [-0.2, 0) is 0 Å². The van der Waals surface area contributed by atoms with Gasteiger partial charge in [0.15, 0.2) is 23.3 Å². The predicted octanol–water partition coefficient (Wildman–Crippen LogP) is 6.83. The zero-order valence-electron chi connectivity index (χ0n) is 30.2. The SMILES string of the molecule is COc1cc(/C=C/c2nc(NCCN(C)C)cc(Nc3cc(C)[nH]n3)n2)cc(OC)c1.Cc1cc(Nc2ccnc(/C=C/c3ccccc3)n2)n[nH]1. The molecule has 0 aliphatic heterocycles. The summed E-state index contributed by atoms with van der Waals surface area (Å²) in [6.07, 6.45) is 9.37. The van der Waals surface area contributed by atoms with Crippen LogP contribution >= 0.6 is 0 Å². The fourth-order valence-corrected chi connectivity index (χ4v) is 4.68. The lowest BCUT2D eigenvalue weighted by atomic mass is 10.2. The first-order valence-electron chi connectivity index (χ1n) is 16.6. The molecule has 268 valence electrons. The van der Waals surface area contributed by atoms with Gasteiger partial charge in [0.05, 0.1) is 14.2 Å². The van der Waals surface area contributed by atoms with Crippen molar-refractivity contribution in [2.24, 2.45) is 0 Å². The highest BCUT2D eigenvalue weighted by atomic mass is 16.5. The third-order valence-corrected chi connectivity index (χ3v) is 7.23. The van der Waals surface area contributed by atoms with E-state index in [4.69, 9.17) is 9.47 Å². The van der Waals surface area contributed by atoms with Gasteiger partial charge in [0.1, 0.15) is 29.0 Å². The van der Waals surface area contributed by atoms with E-state index in [1.807, 2.05) is 125 Å². The highest BCUT2D eigenvalue weighted by Gasteiger charge is 2.07. The van der Waals surface area contributed by atoms with Gasteiger partial charge in [0.25, 0.3) is 0 Å². The van der Waals surface area contributed by atoms with Gasteiger partial charge in [-0.3, -0.25) is 10.2 Å². The van der Waals surface area contributed by atoms with E-state index in [1.54, 1.807) is 20.4 Å². The summed E-state index contributed by atoms with van der Waals surface area (Å²) < 4.78 is 10.7. The molecule has 5 N–H and O–H groups in total. The van der Waals surface area contributed by atoms with Gasteiger partial charge in [-0.05, 0) is 69.4 Å². The maximum absolute atomic E-state index is 5.34. The van der Waals surface area contributed by atoms with Crippen molar-refractivity contribution in [2.75, 3.05) is 57.4 Å². The van der Waals surface area contributed by atoms with Gasteiger partial charge in [-0.2, -0.15) is 10.2 Å². The summed E-state index contributed by atoms with van der Waals surface area (Å²) in [5, 5.41) is 23.8. The number of anilines is 5. The molecule has 0 aliphatic carbocycles. The van der Waals surface area contributed by atoms with Crippen molar-refractivity contribution in [3.05, 3.63) is 113 Å². The molecule has 0 unspecified atom stereocenters. The molecular weight excluding hydrogens is 656 g/mol. The number of aryl methyl sites for hydroxylation is 2. The van der Waals surface area contributed by atoms with Crippen molar-refractivity contribution in [3.63, 3.8) is 0 Å². The monoisotopic (exact) mass is 700 g/mol. The van der Waals surface area contributed by atoms with Crippen LogP contribution in [0.4, 0.5) is 29.1 Å². The quantitative estimate of drug-likeness (QED) is 0.0805. The second-order valence-electron chi connectivity index (χ2n) is 11.9. The van der Waals surface area contributed by atoms with Crippen molar-refractivity contribution in [3.8, 4) is 11.5 Å². The Hall–Kier alpha value is -6.54. The van der Waals surface area contributed by atoms with Gasteiger partial charge >= 0.3 is 0 Å². The summed E-state index contributed by atoms with van der Waals surface area (Å²) in [5.41, 5.74) is 3.99. The first-order valence-corrected chi connectivity index (χ1v) is 16.6. The molecule has 0 aliphatic rings. The number of benzene rings is 2. The number of ether oxygens (including phenoxy) is 2. The fraction of sp³-hybridized carbons (Fsp3) is 0.211. The Kier molecular flexibility index (Phi) is 13.0. The van der Waals surface area contributed by atoms with Crippen LogP contribution in [0.15, 0.2) is 79.0 Å². The van der Waals surface area contributed by atoms with E-state index >= 15 is 0 Å². The molecule has 0 amide bonds. The van der Waals surface area contributed by atoms with Crippen molar-refractivity contribution in [2.45, 2.75) is 13.8 Å². The summed E-state index contributed by atoms with van der Waals surface area (Å²) in [6.45, 7) is 5.55. The molecule has 6 rings (SSSR count). The third-order valence-electron chi connectivity index (χ3n) is 7.23. The molecular formula is C38H44N12O2. The van der Waals surface area contributed by atoms with E-state index in [-0.39, 0.29) is 0 Å². The van der Waals surface area contributed by atoms with Crippen LogP contribution in [-0.4, -0.2) is 86.6 Å². The average Bonchev–Trinajstić information content (AvgIpc) is 3.76. The zero-order valence-corrected chi connectivity index (χ0v) is 30.2. The molecule has 14 heteroatoms. The molecule has 2 aromatic carbocycles. The second-order valence-corrected chi connectivity index (χ2v) is 11.9. The Balaban J connectivity index is 0.000000216. The van der Waals surface area contributed by atoms with Crippen LogP contribution in [0.25, 0.3) is 24.3 Å². The van der Waals surface area contributed by atoms with E-state index in [1.165, 1.54) is 0 Å². The van der Waals surface area contributed by atoms with Crippen LogP contribution in [0.1, 0.15) is 34.2 Å². The molecule has 0 spiro atoms. The Labute approximate surface area is 303 Å². The maximum Gasteiger partial charge on any atom is 0.156 e. The summed E-state index contributed by atoms with van der Waals surface area (Å²) >= 11 is 0. The Morgan fingerprint density at radius 2 is 1.23 bits per heavy atom. The van der Waals surface area contributed by atoms with Crippen molar-refractivity contribution in [1.82, 2.24) is 45.2 Å². The largest absolute Gasteiger partial charge is 0.497 e. The van der Waals surface area contributed by atoms with Crippen molar-refractivity contribution in [1.29, 1.82) is 0 Å². The number of nitrogens with zero attached hydrogens (tertiary/aromatic N) is 7. The topological polar surface area (TPSA) is 167 Å². The minimum atomic E-state index is 0.561. The zero-order chi connectivity index (χ0) is 36.7. The smallest absolute Gasteiger partial charge is 0.156 e. The minimum Gasteiger partial charge on any atom is -0.497 e. The van der Waals surface area contributed by atoms with E-state index < -0.39 is 0 Å². The van der Waals surface area contributed by atoms with Gasteiger partial charge in [0.2, 0.25) is 0 Å². The number of aromatic nitrogens is 8. The third kappa shape index (κ3) is 11.8. The van der Waals surface area contributed by atoms with Crippen LogP contribution in [0.2, 0.25) is 0 Å². The molecule has 4 heterocycles. The number of H-pyrrole nitrogens is 2. The summed E-state index contributed by atoms with van der Waals surface area (Å²) in [4.78, 5) is 20.0. The Morgan fingerprint density at radius 1 is 0.635 bits per heavy atom. The van der Waals surface area contributed by atoms with Crippen LogP contribution < -0.4 is 25.4 Å². The average molecular weight is 701 g/mol. The Bertz CT molecular complexity index is 2050. The van der Waals surface area contributed by atoms with Crippen LogP contribution in [0.3, 0.4) is 0 Å².